The van der Waals surface area contributed by atoms with Gasteiger partial charge in [0, 0.05) is 18.4 Å². The standard InChI is InChI=1S/C10H16F2N4O/c1-7(2)16-4-3-14-8(9(16)17)15-6-10(11,12)5-13/h3-4,7H,5-6,13H2,1-2H3,(H,14,15). The molecule has 0 radical (unpaired) electrons. The second-order valence-electron chi connectivity index (χ2n) is 4.00. The van der Waals surface area contributed by atoms with Gasteiger partial charge in [-0.1, -0.05) is 0 Å². The predicted molar refractivity (Wildman–Crippen MR) is 61.4 cm³/mol. The molecule has 0 aliphatic heterocycles. The molecule has 0 amide bonds. The highest BCUT2D eigenvalue weighted by molar-refractivity contribution is 5.31. The molecule has 96 valence electrons. The number of hydrogen-bond donors (Lipinski definition) is 2. The Balaban J connectivity index is 2.86. The number of hydrogen-bond acceptors (Lipinski definition) is 4. The van der Waals surface area contributed by atoms with Crippen molar-refractivity contribution in [1.82, 2.24) is 9.55 Å². The van der Waals surface area contributed by atoms with Gasteiger partial charge >= 0.3 is 0 Å². The molecule has 7 heteroatoms. The van der Waals surface area contributed by atoms with Crippen molar-refractivity contribution in [2.75, 3.05) is 18.4 Å². The van der Waals surface area contributed by atoms with Gasteiger partial charge in [0.05, 0.1) is 13.1 Å². The summed E-state index contributed by atoms with van der Waals surface area (Å²) in [5.74, 6) is -3.14. The molecular formula is C10H16F2N4O. The highest BCUT2D eigenvalue weighted by atomic mass is 19.3. The molecule has 0 saturated carbocycles. The van der Waals surface area contributed by atoms with E-state index in [-0.39, 0.29) is 11.9 Å². The van der Waals surface area contributed by atoms with Crippen molar-refractivity contribution < 1.29 is 8.78 Å². The largest absolute Gasteiger partial charge is 0.359 e. The maximum Gasteiger partial charge on any atom is 0.293 e. The summed E-state index contributed by atoms with van der Waals surface area (Å²) in [5.41, 5.74) is 4.47. The molecule has 17 heavy (non-hydrogen) atoms. The number of anilines is 1. The Hall–Kier alpha value is -1.50. The lowest BCUT2D eigenvalue weighted by Crippen LogP contribution is -2.37. The molecular weight excluding hydrogens is 230 g/mol. The van der Waals surface area contributed by atoms with Crippen molar-refractivity contribution in [2.24, 2.45) is 5.73 Å². The molecule has 0 aliphatic carbocycles. The summed E-state index contributed by atoms with van der Waals surface area (Å²) in [7, 11) is 0. The molecule has 0 bridgehead atoms. The summed E-state index contributed by atoms with van der Waals surface area (Å²) < 4.78 is 27.2. The zero-order chi connectivity index (χ0) is 13.1. The molecule has 0 unspecified atom stereocenters. The average Bonchev–Trinajstić information content (AvgIpc) is 2.27. The van der Waals surface area contributed by atoms with Crippen LogP contribution in [-0.2, 0) is 0 Å². The van der Waals surface area contributed by atoms with E-state index in [2.05, 4.69) is 10.3 Å². The van der Waals surface area contributed by atoms with E-state index in [1.54, 1.807) is 0 Å². The summed E-state index contributed by atoms with van der Waals surface area (Å²) in [6, 6.07) is -0.0546. The van der Waals surface area contributed by atoms with E-state index in [0.717, 1.165) is 0 Å². The van der Waals surface area contributed by atoms with Gasteiger partial charge in [-0.05, 0) is 13.8 Å². The average molecular weight is 246 g/mol. The monoisotopic (exact) mass is 246 g/mol. The quantitative estimate of drug-likeness (QED) is 0.807. The number of halogens is 2. The van der Waals surface area contributed by atoms with Crippen molar-refractivity contribution >= 4 is 5.82 Å². The van der Waals surface area contributed by atoms with Gasteiger partial charge in [0.15, 0.2) is 5.82 Å². The van der Waals surface area contributed by atoms with E-state index >= 15 is 0 Å². The lowest BCUT2D eigenvalue weighted by atomic mass is 10.3. The molecule has 0 aliphatic rings. The van der Waals surface area contributed by atoms with Gasteiger partial charge in [-0.25, -0.2) is 13.8 Å². The Morgan fingerprint density at radius 1 is 1.59 bits per heavy atom. The summed E-state index contributed by atoms with van der Waals surface area (Å²) >= 11 is 0. The maximum atomic E-state index is 12.9. The minimum atomic E-state index is -3.05. The fourth-order valence-corrected chi connectivity index (χ4v) is 1.24. The van der Waals surface area contributed by atoms with Crippen LogP contribution in [0.15, 0.2) is 17.2 Å². The summed E-state index contributed by atoms with van der Waals surface area (Å²) in [4.78, 5) is 15.5. The number of rotatable bonds is 5. The number of nitrogens with zero attached hydrogens (tertiary/aromatic N) is 2. The van der Waals surface area contributed by atoms with Crippen molar-refractivity contribution in [2.45, 2.75) is 25.8 Å². The Morgan fingerprint density at radius 3 is 2.76 bits per heavy atom. The number of aromatic nitrogens is 2. The minimum Gasteiger partial charge on any atom is -0.359 e. The predicted octanol–water partition coefficient (Wildman–Crippen LogP) is 0.830. The first-order valence-corrected chi connectivity index (χ1v) is 5.26. The van der Waals surface area contributed by atoms with Gasteiger partial charge in [0.25, 0.3) is 11.5 Å². The Morgan fingerprint density at radius 2 is 2.24 bits per heavy atom. The van der Waals surface area contributed by atoms with Gasteiger partial charge in [-0.15, -0.1) is 0 Å². The lowest BCUT2D eigenvalue weighted by molar-refractivity contribution is 0.0252. The molecule has 3 N–H and O–H groups in total. The van der Waals surface area contributed by atoms with Crippen LogP contribution in [0.3, 0.4) is 0 Å². The van der Waals surface area contributed by atoms with E-state index in [1.165, 1.54) is 17.0 Å². The SMILES string of the molecule is CC(C)n1ccnc(NCC(F)(F)CN)c1=O. The normalized spacial score (nSPS) is 11.9. The van der Waals surface area contributed by atoms with Crippen molar-refractivity contribution in [1.29, 1.82) is 0 Å². The van der Waals surface area contributed by atoms with Crippen LogP contribution in [-0.4, -0.2) is 28.6 Å². The van der Waals surface area contributed by atoms with E-state index in [1.807, 2.05) is 13.8 Å². The van der Waals surface area contributed by atoms with E-state index < -0.39 is 24.6 Å². The second kappa shape index (κ2) is 5.22. The van der Waals surface area contributed by atoms with Crippen LogP contribution in [0.1, 0.15) is 19.9 Å². The Labute approximate surface area is 97.7 Å². The number of alkyl halides is 2. The lowest BCUT2D eigenvalue weighted by Gasteiger charge is -2.16. The number of nitrogens with one attached hydrogen (secondary N) is 1. The molecule has 1 aromatic heterocycles. The zero-order valence-corrected chi connectivity index (χ0v) is 9.78. The molecule has 1 heterocycles. The third-order valence-electron chi connectivity index (χ3n) is 2.24. The number of nitrogens with two attached hydrogens (primary N) is 1. The smallest absolute Gasteiger partial charge is 0.293 e. The third kappa shape index (κ3) is 3.48. The Bertz CT molecular complexity index is 431. The van der Waals surface area contributed by atoms with Crippen molar-refractivity contribution in [3.05, 3.63) is 22.7 Å². The van der Waals surface area contributed by atoms with Crippen LogP contribution < -0.4 is 16.6 Å². The van der Waals surface area contributed by atoms with Gasteiger partial charge < -0.3 is 15.6 Å². The van der Waals surface area contributed by atoms with Gasteiger partial charge in [-0.2, -0.15) is 0 Å². The van der Waals surface area contributed by atoms with Crippen LogP contribution >= 0.6 is 0 Å². The molecule has 0 atom stereocenters. The molecule has 0 fully saturated rings. The fourth-order valence-electron chi connectivity index (χ4n) is 1.24. The van der Waals surface area contributed by atoms with Crippen molar-refractivity contribution in [3.8, 4) is 0 Å². The summed E-state index contributed by atoms with van der Waals surface area (Å²) in [6.07, 6.45) is 2.91. The minimum absolute atomic E-state index is 0.0546. The van der Waals surface area contributed by atoms with Crippen LogP contribution in [0.4, 0.5) is 14.6 Å². The first-order valence-electron chi connectivity index (χ1n) is 5.26. The van der Waals surface area contributed by atoms with Gasteiger partial charge in [-0.3, -0.25) is 4.79 Å². The van der Waals surface area contributed by atoms with Gasteiger partial charge in [0.2, 0.25) is 0 Å². The van der Waals surface area contributed by atoms with Crippen LogP contribution in [0, 0.1) is 0 Å². The van der Waals surface area contributed by atoms with E-state index in [4.69, 9.17) is 5.73 Å². The summed E-state index contributed by atoms with van der Waals surface area (Å²) in [6.45, 7) is 2.17. The summed E-state index contributed by atoms with van der Waals surface area (Å²) in [5, 5.41) is 2.32. The second-order valence-corrected chi connectivity index (χ2v) is 4.00. The molecule has 0 aromatic carbocycles. The first kappa shape index (κ1) is 13.6. The van der Waals surface area contributed by atoms with Crippen LogP contribution in [0.5, 0.6) is 0 Å². The van der Waals surface area contributed by atoms with Crippen molar-refractivity contribution in [3.63, 3.8) is 0 Å². The molecule has 1 aromatic rings. The zero-order valence-electron chi connectivity index (χ0n) is 9.78. The third-order valence-corrected chi connectivity index (χ3v) is 2.24. The molecule has 5 nitrogen and oxygen atoms in total. The van der Waals surface area contributed by atoms with Crippen LogP contribution in [0.25, 0.3) is 0 Å². The first-order chi connectivity index (χ1) is 7.87. The van der Waals surface area contributed by atoms with E-state index in [9.17, 15) is 13.6 Å². The molecule has 0 saturated heterocycles. The fraction of sp³-hybridized carbons (Fsp3) is 0.600. The molecule has 1 rings (SSSR count). The maximum absolute atomic E-state index is 12.9. The van der Waals surface area contributed by atoms with Gasteiger partial charge in [0.1, 0.15) is 0 Å². The molecule has 0 spiro atoms. The topological polar surface area (TPSA) is 72.9 Å². The highest BCUT2D eigenvalue weighted by Crippen LogP contribution is 2.11. The highest BCUT2D eigenvalue weighted by Gasteiger charge is 2.26. The van der Waals surface area contributed by atoms with E-state index in [0.29, 0.717) is 0 Å². The Kier molecular flexibility index (Phi) is 4.17. The van der Waals surface area contributed by atoms with Crippen LogP contribution in [0.2, 0.25) is 0 Å².